The normalized spacial score (nSPS) is 16.9. The molecule has 0 radical (unpaired) electrons. The number of ether oxygens (including phenoxy) is 1. The van der Waals surface area contributed by atoms with Crippen molar-refractivity contribution in [2.24, 2.45) is 0 Å². The largest absolute Gasteiger partial charge is 0.383 e. The summed E-state index contributed by atoms with van der Waals surface area (Å²) in [7, 11) is 1.76. The van der Waals surface area contributed by atoms with Crippen LogP contribution in [0.5, 0.6) is 0 Å². The zero-order chi connectivity index (χ0) is 15.9. The Morgan fingerprint density at radius 1 is 1.22 bits per heavy atom. The van der Waals surface area contributed by atoms with E-state index in [-0.39, 0.29) is 0 Å². The van der Waals surface area contributed by atoms with Crippen molar-refractivity contribution in [3.63, 3.8) is 0 Å². The molecule has 0 spiro atoms. The molecular weight excluding hydrogens is 312 g/mol. The number of rotatable bonds is 8. The van der Waals surface area contributed by atoms with E-state index in [2.05, 4.69) is 19.9 Å². The van der Waals surface area contributed by atoms with Crippen LogP contribution in [0.2, 0.25) is 0 Å². The molecule has 3 heterocycles. The van der Waals surface area contributed by atoms with Gasteiger partial charge in [0.05, 0.1) is 11.5 Å². The lowest BCUT2D eigenvalue weighted by molar-refractivity contribution is 0.0962. The van der Waals surface area contributed by atoms with Crippen LogP contribution < -0.4 is 0 Å². The SMILES string of the molecule is COCCN1CCN(CCCc2nc(-c3cccs3)no2)CC1. The first-order valence-corrected chi connectivity index (χ1v) is 9.03. The Hall–Kier alpha value is -1.28. The van der Waals surface area contributed by atoms with Gasteiger partial charge in [0.15, 0.2) is 0 Å². The van der Waals surface area contributed by atoms with E-state index in [4.69, 9.17) is 9.26 Å². The standard InChI is InChI=1S/C16H24N4O2S/c1-21-12-11-20-9-7-19(8-10-20)6-2-5-15-17-16(18-22-15)14-4-3-13-23-14/h3-4,13H,2,5-12H2,1H3. The van der Waals surface area contributed by atoms with Gasteiger partial charge in [-0.05, 0) is 24.4 Å². The summed E-state index contributed by atoms with van der Waals surface area (Å²) >= 11 is 1.63. The van der Waals surface area contributed by atoms with Gasteiger partial charge in [0.2, 0.25) is 11.7 Å². The van der Waals surface area contributed by atoms with Gasteiger partial charge in [0.25, 0.3) is 0 Å². The molecule has 0 atom stereocenters. The second-order valence-electron chi connectivity index (χ2n) is 5.77. The van der Waals surface area contributed by atoms with Crippen molar-refractivity contribution in [2.75, 3.05) is 53.0 Å². The third-order valence-corrected chi connectivity index (χ3v) is 5.02. The minimum absolute atomic E-state index is 0.710. The minimum atomic E-state index is 0.710. The number of hydrogen-bond donors (Lipinski definition) is 0. The molecule has 1 aliphatic heterocycles. The lowest BCUT2D eigenvalue weighted by Gasteiger charge is -2.34. The van der Waals surface area contributed by atoms with Gasteiger partial charge in [-0.2, -0.15) is 4.98 Å². The number of hydrogen-bond acceptors (Lipinski definition) is 7. The molecule has 6 nitrogen and oxygen atoms in total. The van der Waals surface area contributed by atoms with Crippen LogP contribution in [0.4, 0.5) is 0 Å². The molecule has 7 heteroatoms. The highest BCUT2D eigenvalue weighted by atomic mass is 32.1. The predicted molar refractivity (Wildman–Crippen MR) is 90.7 cm³/mol. The molecule has 3 rings (SSSR count). The summed E-state index contributed by atoms with van der Waals surface area (Å²) in [5.74, 6) is 1.45. The lowest BCUT2D eigenvalue weighted by Crippen LogP contribution is -2.47. The maximum Gasteiger partial charge on any atom is 0.227 e. The fourth-order valence-corrected chi connectivity index (χ4v) is 3.42. The van der Waals surface area contributed by atoms with Gasteiger partial charge < -0.3 is 14.2 Å². The molecule has 0 aliphatic carbocycles. The Labute approximate surface area is 141 Å². The third kappa shape index (κ3) is 4.84. The van der Waals surface area contributed by atoms with Crippen molar-refractivity contribution in [1.29, 1.82) is 0 Å². The van der Waals surface area contributed by atoms with Gasteiger partial charge >= 0.3 is 0 Å². The van der Waals surface area contributed by atoms with E-state index in [0.29, 0.717) is 5.82 Å². The van der Waals surface area contributed by atoms with Gasteiger partial charge in [-0.3, -0.25) is 4.90 Å². The van der Waals surface area contributed by atoms with E-state index in [1.165, 1.54) is 0 Å². The molecule has 2 aromatic rings. The second kappa shape index (κ2) is 8.54. The van der Waals surface area contributed by atoms with Crippen molar-refractivity contribution < 1.29 is 9.26 Å². The summed E-state index contributed by atoms with van der Waals surface area (Å²) < 4.78 is 10.5. The van der Waals surface area contributed by atoms with Crippen LogP contribution in [0.25, 0.3) is 10.7 Å². The molecule has 23 heavy (non-hydrogen) atoms. The van der Waals surface area contributed by atoms with Crippen LogP contribution in [0.15, 0.2) is 22.0 Å². The highest BCUT2D eigenvalue weighted by molar-refractivity contribution is 7.13. The Bertz CT molecular complexity index is 564. The third-order valence-electron chi connectivity index (χ3n) is 4.15. The Morgan fingerprint density at radius 2 is 2.00 bits per heavy atom. The molecule has 0 bridgehead atoms. The quantitative estimate of drug-likeness (QED) is 0.735. The van der Waals surface area contributed by atoms with Crippen molar-refractivity contribution in [3.8, 4) is 10.7 Å². The lowest BCUT2D eigenvalue weighted by atomic mass is 10.2. The number of methoxy groups -OCH3 is 1. The Morgan fingerprint density at radius 3 is 2.70 bits per heavy atom. The Kier molecular flexibility index (Phi) is 6.15. The van der Waals surface area contributed by atoms with E-state index in [1.54, 1.807) is 18.4 Å². The average Bonchev–Trinajstić information content (AvgIpc) is 3.25. The van der Waals surface area contributed by atoms with E-state index in [1.807, 2.05) is 17.5 Å². The zero-order valence-electron chi connectivity index (χ0n) is 13.6. The molecule has 0 unspecified atom stereocenters. The minimum Gasteiger partial charge on any atom is -0.383 e. The van der Waals surface area contributed by atoms with Crippen molar-refractivity contribution in [1.82, 2.24) is 19.9 Å². The first-order chi connectivity index (χ1) is 11.3. The summed E-state index contributed by atoms with van der Waals surface area (Å²) in [5, 5.41) is 6.08. The van der Waals surface area contributed by atoms with Gasteiger partial charge in [-0.15, -0.1) is 11.3 Å². The van der Waals surface area contributed by atoms with Gasteiger partial charge in [-0.25, -0.2) is 0 Å². The highest BCUT2D eigenvalue weighted by Crippen LogP contribution is 2.21. The number of aryl methyl sites for hydroxylation is 1. The summed E-state index contributed by atoms with van der Waals surface area (Å²) in [4.78, 5) is 10.5. The van der Waals surface area contributed by atoms with Crippen molar-refractivity contribution >= 4 is 11.3 Å². The molecule has 126 valence electrons. The predicted octanol–water partition coefficient (Wildman–Crippen LogP) is 1.99. The zero-order valence-corrected chi connectivity index (χ0v) is 14.4. The molecule has 1 aliphatic rings. The number of piperazine rings is 1. The van der Waals surface area contributed by atoms with Crippen LogP contribution in [0.3, 0.4) is 0 Å². The summed E-state index contributed by atoms with van der Waals surface area (Å²) in [6.07, 6.45) is 1.91. The fourth-order valence-electron chi connectivity index (χ4n) is 2.77. The molecule has 1 fully saturated rings. The van der Waals surface area contributed by atoms with E-state index in [0.717, 1.165) is 69.5 Å². The van der Waals surface area contributed by atoms with Gasteiger partial charge in [0.1, 0.15) is 0 Å². The van der Waals surface area contributed by atoms with Crippen LogP contribution >= 0.6 is 11.3 Å². The maximum atomic E-state index is 5.34. The van der Waals surface area contributed by atoms with Crippen LogP contribution in [0.1, 0.15) is 12.3 Å². The second-order valence-corrected chi connectivity index (χ2v) is 6.72. The van der Waals surface area contributed by atoms with Crippen LogP contribution in [-0.4, -0.2) is 72.9 Å². The fraction of sp³-hybridized carbons (Fsp3) is 0.625. The Balaban J connectivity index is 1.36. The monoisotopic (exact) mass is 336 g/mol. The van der Waals surface area contributed by atoms with Gasteiger partial charge in [-0.1, -0.05) is 11.2 Å². The van der Waals surface area contributed by atoms with Gasteiger partial charge in [0, 0.05) is 46.3 Å². The number of nitrogens with zero attached hydrogens (tertiary/aromatic N) is 4. The van der Waals surface area contributed by atoms with E-state index >= 15 is 0 Å². The molecule has 2 aromatic heterocycles. The summed E-state index contributed by atoms with van der Waals surface area (Å²) in [5.41, 5.74) is 0. The average molecular weight is 336 g/mol. The van der Waals surface area contributed by atoms with Crippen molar-refractivity contribution in [2.45, 2.75) is 12.8 Å². The van der Waals surface area contributed by atoms with Crippen molar-refractivity contribution in [3.05, 3.63) is 23.4 Å². The van der Waals surface area contributed by atoms with E-state index < -0.39 is 0 Å². The number of thiophene rings is 1. The molecule has 0 aromatic carbocycles. The maximum absolute atomic E-state index is 5.34. The topological polar surface area (TPSA) is 54.6 Å². The van der Waals surface area contributed by atoms with E-state index in [9.17, 15) is 0 Å². The first kappa shape index (κ1) is 16.6. The molecule has 0 N–H and O–H groups in total. The summed E-state index contributed by atoms with van der Waals surface area (Å²) in [6.45, 7) is 7.48. The molecule has 1 saturated heterocycles. The number of aromatic nitrogens is 2. The highest BCUT2D eigenvalue weighted by Gasteiger charge is 2.16. The molecule has 0 amide bonds. The summed E-state index contributed by atoms with van der Waals surface area (Å²) in [6, 6.07) is 4.02. The first-order valence-electron chi connectivity index (χ1n) is 8.15. The molecule has 0 saturated carbocycles. The van der Waals surface area contributed by atoms with Crippen LogP contribution in [-0.2, 0) is 11.2 Å². The smallest absolute Gasteiger partial charge is 0.227 e. The van der Waals surface area contributed by atoms with Crippen LogP contribution in [0, 0.1) is 0 Å². The molecular formula is C16H24N4O2S.